The number of ether oxygens (including phenoxy) is 1. The molecule has 4 rings (SSSR count). The average molecular weight is 624 g/mol. The maximum absolute atomic E-state index is 14.0. The molecular formula is C30H37N7O6S. The highest BCUT2D eigenvalue weighted by Gasteiger charge is 2.35. The number of hydrogen-bond donors (Lipinski definition) is 3. The Kier molecular flexibility index (Phi) is 10.5. The Hall–Kier alpha value is -4.56. The third-order valence-corrected chi connectivity index (χ3v) is 9.09. The van der Waals surface area contributed by atoms with E-state index in [1.165, 1.54) is 30.3 Å². The number of methoxy groups -OCH3 is 1. The number of hydrogen-bond acceptors (Lipinski definition) is 8. The molecule has 0 bridgehead atoms. The maximum atomic E-state index is 14.0. The van der Waals surface area contributed by atoms with E-state index in [-0.39, 0.29) is 23.4 Å². The number of carbonyl (C=O) groups is 3. The summed E-state index contributed by atoms with van der Waals surface area (Å²) in [6.07, 6.45) is 2.37. The number of rotatable bonds is 11. The minimum atomic E-state index is -4.31. The van der Waals surface area contributed by atoms with E-state index in [1.54, 1.807) is 48.3 Å². The summed E-state index contributed by atoms with van der Waals surface area (Å²) in [5.74, 6) is -2.10. The lowest BCUT2D eigenvalue weighted by Crippen LogP contribution is -2.54. The van der Waals surface area contributed by atoms with E-state index in [2.05, 4.69) is 9.71 Å². The van der Waals surface area contributed by atoms with Crippen LogP contribution < -0.4 is 10.5 Å². The van der Waals surface area contributed by atoms with Crippen LogP contribution in [0.15, 0.2) is 71.8 Å². The number of likely N-dealkylation sites (N-methyl/N-ethyl adjacent to an activating group) is 1. The van der Waals surface area contributed by atoms with Crippen LogP contribution in [0, 0.1) is 5.41 Å². The van der Waals surface area contributed by atoms with Crippen molar-refractivity contribution in [2.24, 2.45) is 5.73 Å². The molecule has 0 unspecified atom stereocenters. The number of benzene rings is 2. The lowest BCUT2D eigenvalue weighted by molar-refractivity contribution is -0.148. The van der Waals surface area contributed by atoms with Gasteiger partial charge >= 0.3 is 5.97 Å². The van der Waals surface area contributed by atoms with Gasteiger partial charge in [0.1, 0.15) is 12.6 Å². The second-order valence-electron chi connectivity index (χ2n) is 10.6. The molecular weight excluding hydrogens is 586 g/mol. The number of sulfonamides is 1. The monoisotopic (exact) mass is 623 g/mol. The number of nitrogens with zero attached hydrogens (tertiary/aromatic N) is 4. The molecule has 2 atom stereocenters. The number of piperidine rings is 1. The molecule has 0 spiro atoms. The standard InChI is InChI=1S/C30H37N7O6S/c1-35(24-11-7-15-36(19-24)30(31)32)27(38)17-26(29(40)37(20-28(39)43-2)18-23-10-5-6-14-33-23)34-44(41,42)25-13-12-21-8-3-4-9-22(21)16-25/h3-6,8-10,12-14,16,24,26,34H,7,11,15,17-20H2,1-2H3,(H3,31,32)/t24-,26-/m0/s1. The summed E-state index contributed by atoms with van der Waals surface area (Å²) < 4.78 is 34.6. The quantitative estimate of drug-likeness (QED) is 0.161. The fraction of sp³-hybridized carbons (Fsp3) is 0.367. The molecule has 0 saturated carbocycles. The molecule has 1 aromatic heterocycles. The van der Waals surface area contributed by atoms with Gasteiger partial charge in [-0.1, -0.05) is 36.4 Å². The highest BCUT2D eigenvalue weighted by molar-refractivity contribution is 7.89. The number of esters is 1. The smallest absolute Gasteiger partial charge is 0.325 e. The highest BCUT2D eigenvalue weighted by atomic mass is 32.2. The summed E-state index contributed by atoms with van der Waals surface area (Å²) >= 11 is 0. The van der Waals surface area contributed by atoms with Crippen molar-refractivity contribution in [1.29, 1.82) is 5.41 Å². The van der Waals surface area contributed by atoms with Crippen molar-refractivity contribution >= 4 is 44.5 Å². The summed E-state index contributed by atoms with van der Waals surface area (Å²) in [5, 5.41) is 9.29. The van der Waals surface area contributed by atoms with E-state index in [9.17, 15) is 22.8 Å². The minimum absolute atomic E-state index is 0.0802. The number of fused-ring (bicyclic) bond motifs is 1. The van der Waals surface area contributed by atoms with E-state index in [0.717, 1.165) is 10.3 Å². The van der Waals surface area contributed by atoms with Crippen molar-refractivity contribution in [2.45, 2.75) is 42.8 Å². The zero-order chi connectivity index (χ0) is 31.9. The van der Waals surface area contributed by atoms with Gasteiger partial charge in [-0.05, 0) is 47.9 Å². The largest absolute Gasteiger partial charge is 0.468 e. The van der Waals surface area contributed by atoms with Crippen molar-refractivity contribution in [2.75, 3.05) is 33.8 Å². The Bertz CT molecular complexity index is 1620. The number of nitrogens with one attached hydrogen (secondary N) is 2. The summed E-state index contributed by atoms with van der Waals surface area (Å²) in [6.45, 7) is 0.327. The van der Waals surface area contributed by atoms with Crippen LogP contribution >= 0.6 is 0 Å². The molecule has 1 saturated heterocycles. The highest BCUT2D eigenvalue weighted by Crippen LogP contribution is 2.21. The van der Waals surface area contributed by atoms with Gasteiger partial charge in [-0.15, -0.1) is 0 Å². The Morgan fingerprint density at radius 2 is 1.86 bits per heavy atom. The van der Waals surface area contributed by atoms with Gasteiger partial charge in [0.2, 0.25) is 21.8 Å². The molecule has 4 N–H and O–H groups in total. The number of guanidine groups is 1. The lowest BCUT2D eigenvalue weighted by Gasteiger charge is -2.38. The van der Waals surface area contributed by atoms with Crippen LogP contribution in [0.5, 0.6) is 0 Å². The van der Waals surface area contributed by atoms with Gasteiger partial charge in [-0.2, -0.15) is 4.72 Å². The first-order valence-electron chi connectivity index (χ1n) is 14.1. The van der Waals surface area contributed by atoms with Crippen LogP contribution in [0.1, 0.15) is 25.0 Å². The molecule has 0 aliphatic carbocycles. The fourth-order valence-corrected chi connectivity index (χ4v) is 6.35. The predicted octanol–water partition coefficient (Wildman–Crippen LogP) is 1.29. The van der Waals surface area contributed by atoms with Gasteiger partial charge in [0, 0.05) is 32.4 Å². The van der Waals surface area contributed by atoms with E-state index >= 15 is 0 Å². The molecule has 2 amide bonds. The van der Waals surface area contributed by atoms with Crippen molar-refractivity contribution in [3.8, 4) is 0 Å². The Morgan fingerprint density at radius 1 is 1.14 bits per heavy atom. The third kappa shape index (κ3) is 8.08. The molecule has 14 heteroatoms. The van der Waals surface area contributed by atoms with Crippen molar-refractivity contribution in [3.63, 3.8) is 0 Å². The second kappa shape index (κ2) is 14.3. The molecule has 1 fully saturated rings. The topological polar surface area (TPSA) is 179 Å². The third-order valence-electron chi connectivity index (χ3n) is 7.62. The van der Waals surface area contributed by atoms with Gasteiger partial charge in [0.25, 0.3) is 0 Å². The Balaban J connectivity index is 1.65. The molecule has 3 aromatic rings. The first-order chi connectivity index (χ1) is 21.0. The average Bonchev–Trinajstić information content (AvgIpc) is 3.03. The van der Waals surface area contributed by atoms with E-state index < -0.39 is 46.8 Å². The summed E-state index contributed by atoms with van der Waals surface area (Å²) in [7, 11) is -1.55. The van der Waals surface area contributed by atoms with Gasteiger partial charge in [-0.25, -0.2) is 8.42 Å². The SMILES string of the molecule is COC(=O)CN(Cc1ccccn1)C(=O)[C@H](CC(=O)N(C)[C@H]1CCCN(C(=N)N)C1)NS(=O)(=O)c1ccc2ccccc2c1. The lowest BCUT2D eigenvalue weighted by atomic mass is 10.0. The molecule has 44 heavy (non-hydrogen) atoms. The number of nitrogens with two attached hydrogens (primary N) is 1. The number of aromatic nitrogens is 1. The first-order valence-corrected chi connectivity index (χ1v) is 15.6. The summed E-state index contributed by atoms with van der Waals surface area (Å²) in [5.41, 5.74) is 6.12. The number of pyridine rings is 1. The van der Waals surface area contributed by atoms with Crippen LogP contribution in [-0.2, 0) is 35.7 Å². The van der Waals surface area contributed by atoms with Crippen LogP contribution in [0.3, 0.4) is 0 Å². The fourth-order valence-electron chi connectivity index (χ4n) is 5.12. The number of carbonyl (C=O) groups excluding carboxylic acids is 3. The van der Waals surface area contributed by atoms with E-state index in [4.69, 9.17) is 15.9 Å². The van der Waals surface area contributed by atoms with E-state index in [1.807, 2.05) is 12.1 Å². The molecule has 1 aliphatic heterocycles. The minimum Gasteiger partial charge on any atom is -0.468 e. The van der Waals surface area contributed by atoms with Gasteiger partial charge < -0.3 is 25.2 Å². The summed E-state index contributed by atoms with van der Waals surface area (Å²) in [4.78, 5) is 48.3. The first kappa shape index (κ1) is 32.4. The van der Waals surface area contributed by atoms with Crippen LogP contribution in [0.2, 0.25) is 0 Å². The zero-order valence-corrected chi connectivity index (χ0v) is 25.5. The molecule has 0 radical (unpaired) electrons. The molecule has 1 aliphatic rings. The van der Waals surface area contributed by atoms with Crippen LogP contribution in [0.25, 0.3) is 10.8 Å². The van der Waals surface area contributed by atoms with Crippen LogP contribution in [0.4, 0.5) is 0 Å². The van der Waals surface area contributed by atoms with Gasteiger partial charge in [0.05, 0.1) is 30.7 Å². The van der Waals surface area contributed by atoms with Crippen molar-refractivity contribution in [3.05, 3.63) is 72.6 Å². The molecule has 13 nitrogen and oxygen atoms in total. The van der Waals surface area contributed by atoms with Crippen molar-refractivity contribution < 1.29 is 27.5 Å². The number of amides is 2. The Morgan fingerprint density at radius 3 is 2.55 bits per heavy atom. The second-order valence-corrected chi connectivity index (χ2v) is 12.3. The molecule has 2 aromatic carbocycles. The maximum Gasteiger partial charge on any atom is 0.325 e. The van der Waals surface area contributed by atoms with E-state index in [0.29, 0.717) is 37.0 Å². The summed E-state index contributed by atoms with van der Waals surface area (Å²) in [6, 6.07) is 15.1. The zero-order valence-electron chi connectivity index (χ0n) is 24.7. The Labute approximate surface area is 256 Å². The molecule has 234 valence electrons. The van der Waals surface area contributed by atoms with Crippen molar-refractivity contribution in [1.82, 2.24) is 24.4 Å². The number of likely N-dealkylation sites (tertiary alicyclic amines) is 1. The van der Waals surface area contributed by atoms with Crippen LogP contribution in [-0.4, -0.2) is 97.7 Å². The molecule has 2 heterocycles. The normalized spacial score (nSPS) is 15.8. The van der Waals surface area contributed by atoms with Gasteiger partial charge in [-0.3, -0.25) is 24.8 Å². The predicted molar refractivity (Wildman–Crippen MR) is 164 cm³/mol. The van der Waals surface area contributed by atoms with Gasteiger partial charge in [0.15, 0.2) is 5.96 Å².